The number of fused-ring (bicyclic) bond motifs is 1. The van der Waals surface area contributed by atoms with Crippen LogP contribution in [0.1, 0.15) is 24.8 Å². The fourth-order valence-corrected chi connectivity index (χ4v) is 5.40. The summed E-state index contributed by atoms with van der Waals surface area (Å²) in [6.07, 6.45) is 2.81. The molecule has 1 saturated heterocycles. The van der Waals surface area contributed by atoms with Crippen LogP contribution in [0.2, 0.25) is 0 Å². The van der Waals surface area contributed by atoms with Crippen molar-refractivity contribution in [2.24, 2.45) is 5.92 Å². The lowest BCUT2D eigenvalue weighted by Crippen LogP contribution is -2.38. The Labute approximate surface area is 170 Å². The van der Waals surface area contributed by atoms with Gasteiger partial charge in [-0.05, 0) is 66.4 Å². The molecule has 1 aromatic heterocycles. The van der Waals surface area contributed by atoms with Gasteiger partial charge in [-0.25, -0.2) is 13.1 Å². The monoisotopic (exact) mass is 422 g/mol. The highest BCUT2D eigenvalue weighted by atomic mass is 32.2. The van der Waals surface area contributed by atoms with Crippen LogP contribution in [0.5, 0.6) is 11.5 Å². The minimum atomic E-state index is -3.56. The number of benzene rings is 1. The molecular weight excluding hydrogens is 396 g/mol. The van der Waals surface area contributed by atoms with Crippen molar-refractivity contribution in [1.29, 1.82) is 0 Å². The maximum absolute atomic E-state index is 12.7. The fraction of sp³-hybridized carbons (Fsp3) is 0.500. The zero-order valence-corrected chi connectivity index (χ0v) is 17.4. The summed E-state index contributed by atoms with van der Waals surface area (Å²) in [5, 5.41) is 4.30. The number of nitrogens with one attached hydrogen (secondary N) is 1. The molecule has 3 heterocycles. The Morgan fingerprint density at radius 1 is 1.11 bits per heavy atom. The Morgan fingerprint density at radius 3 is 2.64 bits per heavy atom. The van der Waals surface area contributed by atoms with Crippen LogP contribution in [0.3, 0.4) is 0 Å². The molecule has 28 heavy (non-hydrogen) atoms. The Hall–Kier alpha value is -1.61. The van der Waals surface area contributed by atoms with Gasteiger partial charge in [-0.2, -0.15) is 11.3 Å². The summed E-state index contributed by atoms with van der Waals surface area (Å²) in [4.78, 5) is 2.67. The van der Waals surface area contributed by atoms with Crippen molar-refractivity contribution in [3.8, 4) is 11.5 Å². The first-order chi connectivity index (χ1) is 13.6. The van der Waals surface area contributed by atoms with Gasteiger partial charge in [-0.1, -0.05) is 0 Å². The third-order valence-corrected chi connectivity index (χ3v) is 7.44. The van der Waals surface area contributed by atoms with E-state index in [-0.39, 0.29) is 4.90 Å². The van der Waals surface area contributed by atoms with Gasteiger partial charge in [0.15, 0.2) is 11.5 Å². The van der Waals surface area contributed by atoms with E-state index in [9.17, 15) is 8.42 Å². The van der Waals surface area contributed by atoms with Crippen molar-refractivity contribution >= 4 is 21.4 Å². The molecule has 1 N–H and O–H groups in total. The van der Waals surface area contributed by atoms with Gasteiger partial charge in [0, 0.05) is 25.6 Å². The first-order valence-corrected chi connectivity index (χ1v) is 12.2. The van der Waals surface area contributed by atoms with Crippen LogP contribution in [0.4, 0.5) is 0 Å². The molecule has 0 spiro atoms. The number of likely N-dealkylation sites (tertiary alicyclic amines) is 1. The Balaban J connectivity index is 1.30. The molecule has 2 aliphatic rings. The summed E-state index contributed by atoms with van der Waals surface area (Å²) in [5.41, 5.74) is 1.36. The number of nitrogens with zero attached hydrogens (tertiary/aromatic N) is 1. The molecule has 0 saturated carbocycles. The predicted octanol–water partition coefficient (Wildman–Crippen LogP) is 3.10. The highest BCUT2D eigenvalue weighted by Crippen LogP contribution is 2.32. The number of thiophene rings is 1. The van der Waals surface area contributed by atoms with Crippen LogP contribution in [0, 0.1) is 5.92 Å². The van der Waals surface area contributed by atoms with Crippen molar-refractivity contribution in [2.75, 3.05) is 32.8 Å². The van der Waals surface area contributed by atoms with Crippen LogP contribution < -0.4 is 14.2 Å². The second-order valence-electron chi connectivity index (χ2n) is 7.36. The van der Waals surface area contributed by atoms with Gasteiger partial charge in [0.2, 0.25) is 10.0 Å². The predicted molar refractivity (Wildman–Crippen MR) is 110 cm³/mol. The summed E-state index contributed by atoms with van der Waals surface area (Å²) in [6.45, 7) is 4.59. The lowest BCUT2D eigenvalue weighted by atomic mass is 9.97. The van der Waals surface area contributed by atoms with Gasteiger partial charge in [0.05, 0.1) is 18.1 Å². The molecule has 8 heteroatoms. The maximum atomic E-state index is 12.7. The first kappa shape index (κ1) is 19.7. The van der Waals surface area contributed by atoms with E-state index in [2.05, 4.69) is 26.4 Å². The smallest absolute Gasteiger partial charge is 0.240 e. The molecular formula is C20H26N2O4S2. The molecule has 0 unspecified atom stereocenters. The number of piperidine rings is 1. The highest BCUT2D eigenvalue weighted by Gasteiger charge is 2.23. The van der Waals surface area contributed by atoms with Crippen LogP contribution in [-0.2, 0) is 16.6 Å². The molecule has 2 aliphatic heterocycles. The number of ether oxygens (including phenoxy) is 2. The van der Waals surface area contributed by atoms with E-state index in [0.717, 1.165) is 38.9 Å². The molecule has 0 aliphatic carbocycles. The minimum Gasteiger partial charge on any atom is -0.490 e. The summed E-state index contributed by atoms with van der Waals surface area (Å²) in [5.74, 6) is 1.48. The standard InChI is InChI=1S/C20H26N2O4S2/c23-28(24,18-2-3-19-20(12-18)26-10-1-9-25-19)21-13-16-4-7-22(8-5-16)14-17-6-11-27-15-17/h2-3,6,11-12,15-16,21H,1,4-5,7-10,13-14H2. The summed E-state index contributed by atoms with van der Waals surface area (Å²) < 4.78 is 39.4. The molecule has 0 bridgehead atoms. The van der Waals surface area contributed by atoms with Gasteiger partial charge < -0.3 is 9.47 Å². The Kier molecular flexibility index (Phi) is 6.20. The number of rotatable bonds is 6. The van der Waals surface area contributed by atoms with E-state index in [0.29, 0.717) is 37.2 Å². The van der Waals surface area contributed by atoms with Crippen molar-refractivity contribution in [3.05, 3.63) is 40.6 Å². The summed E-state index contributed by atoms with van der Waals surface area (Å²) in [7, 11) is -3.56. The molecule has 2 aromatic rings. The maximum Gasteiger partial charge on any atom is 0.240 e. The van der Waals surface area contributed by atoms with E-state index >= 15 is 0 Å². The lowest BCUT2D eigenvalue weighted by molar-refractivity contribution is 0.179. The minimum absolute atomic E-state index is 0.228. The van der Waals surface area contributed by atoms with Crippen LogP contribution in [0.15, 0.2) is 39.9 Å². The van der Waals surface area contributed by atoms with Crippen LogP contribution >= 0.6 is 11.3 Å². The lowest BCUT2D eigenvalue weighted by Gasteiger charge is -2.31. The molecule has 0 amide bonds. The van der Waals surface area contributed by atoms with Gasteiger partial charge in [0.1, 0.15) is 0 Å². The highest BCUT2D eigenvalue weighted by molar-refractivity contribution is 7.89. The second kappa shape index (κ2) is 8.82. The van der Waals surface area contributed by atoms with Gasteiger partial charge in [-0.3, -0.25) is 4.90 Å². The van der Waals surface area contributed by atoms with Gasteiger partial charge >= 0.3 is 0 Å². The van der Waals surface area contributed by atoms with Crippen molar-refractivity contribution in [2.45, 2.75) is 30.7 Å². The van der Waals surface area contributed by atoms with E-state index in [1.807, 2.05) is 0 Å². The van der Waals surface area contributed by atoms with Gasteiger partial charge in [0.25, 0.3) is 0 Å². The summed E-state index contributed by atoms with van der Waals surface area (Å²) in [6, 6.07) is 6.99. The van der Waals surface area contributed by atoms with E-state index in [1.54, 1.807) is 29.5 Å². The third kappa shape index (κ3) is 4.86. The molecule has 0 radical (unpaired) electrons. The van der Waals surface area contributed by atoms with Gasteiger partial charge in [-0.15, -0.1) is 0 Å². The Bertz CT molecular complexity index is 876. The normalized spacial score (nSPS) is 18.7. The Morgan fingerprint density at radius 2 is 1.89 bits per heavy atom. The number of hydrogen-bond acceptors (Lipinski definition) is 6. The van der Waals surface area contributed by atoms with Crippen molar-refractivity contribution in [1.82, 2.24) is 9.62 Å². The molecule has 1 fully saturated rings. The van der Waals surface area contributed by atoms with E-state index in [4.69, 9.17) is 9.47 Å². The van der Waals surface area contributed by atoms with E-state index < -0.39 is 10.0 Å². The summed E-state index contributed by atoms with van der Waals surface area (Å²) >= 11 is 1.73. The number of sulfonamides is 1. The topological polar surface area (TPSA) is 67.9 Å². The average Bonchev–Trinajstić information content (AvgIpc) is 3.09. The third-order valence-electron chi connectivity index (χ3n) is 5.28. The molecule has 1 aromatic carbocycles. The average molecular weight is 423 g/mol. The first-order valence-electron chi connectivity index (χ1n) is 9.73. The van der Waals surface area contributed by atoms with E-state index in [1.165, 1.54) is 5.56 Å². The molecule has 0 atom stereocenters. The second-order valence-corrected chi connectivity index (χ2v) is 9.91. The SMILES string of the molecule is O=S(=O)(NCC1CCN(Cc2ccsc2)CC1)c1ccc2c(c1)OCCCO2. The van der Waals surface area contributed by atoms with Crippen LogP contribution in [0.25, 0.3) is 0 Å². The largest absolute Gasteiger partial charge is 0.490 e. The van der Waals surface area contributed by atoms with Crippen molar-refractivity contribution < 1.29 is 17.9 Å². The zero-order chi connectivity index (χ0) is 19.4. The number of hydrogen-bond donors (Lipinski definition) is 1. The molecule has 4 rings (SSSR count). The van der Waals surface area contributed by atoms with Crippen molar-refractivity contribution in [3.63, 3.8) is 0 Å². The molecule has 152 valence electrons. The van der Waals surface area contributed by atoms with Crippen LogP contribution in [-0.4, -0.2) is 46.2 Å². The quantitative estimate of drug-likeness (QED) is 0.775. The molecule has 6 nitrogen and oxygen atoms in total. The zero-order valence-electron chi connectivity index (χ0n) is 15.8. The fourth-order valence-electron chi connectivity index (χ4n) is 3.61.